The van der Waals surface area contributed by atoms with Gasteiger partial charge in [0.15, 0.2) is 43.9 Å². The van der Waals surface area contributed by atoms with Crippen LogP contribution in [0.1, 0.15) is 182 Å². The maximum atomic E-state index is 15.5. The van der Waals surface area contributed by atoms with Crippen LogP contribution >= 0.6 is 46.4 Å². The predicted octanol–water partition coefficient (Wildman–Crippen LogP) is 25.0. The Kier molecular flexibility index (Phi) is 30.2. The summed E-state index contributed by atoms with van der Waals surface area (Å²) in [5.74, 6) is -0.577. The molecule has 16 aromatic rings. The van der Waals surface area contributed by atoms with E-state index in [0.29, 0.717) is 91.6 Å². The second-order valence-corrected chi connectivity index (χ2v) is 33.0. The van der Waals surface area contributed by atoms with Crippen LogP contribution in [0.25, 0.3) is 66.6 Å². The van der Waals surface area contributed by atoms with E-state index in [0.717, 1.165) is 49.1 Å². The van der Waals surface area contributed by atoms with Crippen molar-refractivity contribution in [3.63, 3.8) is 0 Å². The largest absolute Gasteiger partial charge is 0.493 e. The molecule has 16 rings (SSSR count). The molecule has 12 aromatic heterocycles. The second kappa shape index (κ2) is 41.0. The number of rotatable bonds is 22. The van der Waals surface area contributed by atoms with Gasteiger partial charge in [-0.1, -0.05) is 112 Å². The quantitative estimate of drug-likeness (QED) is 0.0458. The Bertz CT molecular complexity index is 6780. The van der Waals surface area contributed by atoms with Crippen molar-refractivity contribution < 1.29 is 89.2 Å². The number of aromatic nitrogens is 16. The molecule has 0 aliphatic rings. The third kappa shape index (κ3) is 20.5. The van der Waals surface area contributed by atoms with E-state index in [9.17, 15) is 52.7 Å². The molecule has 0 fully saturated rings. The number of nitrogen functional groups attached to an aromatic ring is 4. The van der Waals surface area contributed by atoms with Gasteiger partial charge in [-0.05, 0) is 125 Å². The van der Waals surface area contributed by atoms with Crippen molar-refractivity contribution in [1.82, 2.24) is 77.4 Å². The van der Waals surface area contributed by atoms with Crippen LogP contribution in [-0.2, 0) is 24.7 Å². The van der Waals surface area contributed by atoms with Crippen LogP contribution in [0.15, 0.2) is 147 Å². The highest BCUT2D eigenvalue weighted by Crippen LogP contribution is 2.50. The number of hydrogen-bond donors (Lipinski definition) is 4. The number of imidazole rings is 4. The molecule has 0 saturated carbocycles. The summed E-state index contributed by atoms with van der Waals surface area (Å²) in [6.45, 7) is 21.9. The van der Waals surface area contributed by atoms with Gasteiger partial charge in [-0.2, -0.15) is 52.7 Å². The third-order valence-corrected chi connectivity index (χ3v) is 23.3. The first-order chi connectivity index (χ1) is 65.2. The lowest BCUT2D eigenvalue weighted by molar-refractivity contribution is -0.141. The first kappa shape index (κ1) is 102. The van der Waals surface area contributed by atoms with E-state index in [1.54, 1.807) is 108 Å². The van der Waals surface area contributed by atoms with Crippen LogP contribution in [0.5, 0.6) is 23.0 Å². The van der Waals surface area contributed by atoms with Crippen molar-refractivity contribution in [2.24, 2.45) is 0 Å². The monoisotopic (exact) mass is 2000 g/mol. The summed E-state index contributed by atoms with van der Waals surface area (Å²) < 4.78 is 248. The molecule has 0 amide bonds. The molecule has 44 heteroatoms. The average molecular weight is 2000 g/mol. The fourth-order valence-corrected chi connectivity index (χ4v) is 16.7. The van der Waals surface area contributed by atoms with Gasteiger partial charge in [0.1, 0.15) is 114 Å². The average Bonchev–Trinajstić information content (AvgIpc) is 1.59. The minimum Gasteiger partial charge on any atom is -0.493 e. The van der Waals surface area contributed by atoms with E-state index in [1.165, 1.54) is 49.1 Å². The Morgan fingerprint density at radius 2 is 0.522 bits per heavy atom. The first-order valence-corrected chi connectivity index (χ1v) is 43.8. The van der Waals surface area contributed by atoms with Crippen LogP contribution in [0.4, 0.5) is 93.5 Å². The lowest BCUT2D eigenvalue weighted by atomic mass is 9.91. The first-order valence-electron chi connectivity index (χ1n) is 42.3. The standard InChI is InChI=1S/2C24H22ClF4N5O.2C23H20ClF4N5O/c2*1-4-9-35-20-15(13(3)23-33-21(25)19-22(30)31-7-8-34(19)23)10-12(2)18(26)17(20)14-5-6-16(32-11-14)24(27,28)29;2*1-4-34-19-14(12(3)22-32-20(24)18-21(29)30-7-8-33(18)22)9-11(2)17(25)16(19)13-5-6-15(31-10-13)23(26,27)28/h2*5-8,10-11,13H,4,9H2,1-3H3,(H2,30,31);2*5-10,12H,4H2,1-3H3,(H2,29,30)/t2*13-;2*12-/m1010/s1. The lowest BCUT2D eigenvalue weighted by Crippen LogP contribution is -2.10. The summed E-state index contributed by atoms with van der Waals surface area (Å²) in [5.41, 5.74) is 25.6. The number of alkyl halides is 12. The highest BCUT2D eigenvalue weighted by molar-refractivity contribution is 6.34. The van der Waals surface area contributed by atoms with E-state index >= 15 is 17.6 Å². The Morgan fingerprint density at radius 3 is 0.696 bits per heavy atom. The number of pyridine rings is 4. The van der Waals surface area contributed by atoms with Crippen LogP contribution < -0.4 is 41.9 Å². The molecule has 0 radical (unpaired) electrons. The highest BCUT2D eigenvalue weighted by atomic mass is 35.5. The number of benzene rings is 4. The van der Waals surface area contributed by atoms with Crippen molar-refractivity contribution in [2.45, 2.75) is 144 Å². The smallest absolute Gasteiger partial charge is 0.433 e. The summed E-state index contributed by atoms with van der Waals surface area (Å²) >= 11 is 25.3. The van der Waals surface area contributed by atoms with Crippen molar-refractivity contribution >= 4 is 91.7 Å². The van der Waals surface area contributed by atoms with E-state index < -0.39 is 94.4 Å². The van der Waals surface area contributed by atoms with Gasteiger partial charge in [-0.25, -0.2) is 57.4 Å². The maximum Gasteiger partial charge on any atom is 0.433 e. The summed E-state index contributed by atoms with van der Waals surface area (Å²) in [5, 5.41) is 0.659. The maximum absolute atomic E-state index is 15.5. The molecule has 0 saturated heterocycles. The Hall–Kier alpha value is -13.6. The number of fused-ring (bicyclic) bond motifs is 4. The molecule has 0 aliphatic carbocycles. The fraction of sp³-hybridized carbons (Fsp3) is 0.277. The van der Waals surface area contributed by atoms with Crippen molar-refractivity contribution in [3.8, 4) is 67.5 Å². The molecule has 12 heterocycles. The van der Waals surface area contributed by atoms with Gasteiger partial charge in [0, 0.05) is 143 Å². The molecule has 4 atom stereocenters. The molecule has 0 aliphatic heterocycles. The number of hydrogen-bond acceptors (Lipinski definition) is 20. The highest BCUT2D eigenvalue weighted by Gasteiger charge is 2.39. The predicted molar refractivity (Wildman–Crippen MR) is 491 cm³/mol. The van der Waals surface area contributed by atoms with E-state index in [4.69, 9.17) is 88.3 Å². The number of halogens is 20. The van der Waals surface area contributed by atoms with Gasteiger partial charge < -0.3 is 41.9 Å². The number of nitrogens with two attached hydrogens (primary N) is 4. The van der Waals surface area contributed by atoms with Crippen LogP contribution in [0.3, 0.4) is 0 Å². The topological polar surface area (TPSA) is 313 Å². The van der Waals surface area contributed by atoms with Crippen LogP contribution in [0.2, 0.25) is 20.6 Å². The minimum absolute atomic E-state index is 0.0260. The second-order valence-electron chi connectivity index (χ2n) is 31.5. The molecule has 0 bridgehead atoms. The number of anilines is 4. The minimum atomic E-state index is -4.61. The summed E-state index contributed by atoms with van der Waals surface area (Å²) in [7, 11) is 0. The zero-order valence-corrected chi connectivity index (χ0v) is 78.1. The lowest BCUT2D eigenvalue weighted by Gasteiger charge is -2.22. The van der Waals surface area contributed by atoms with Crippen molar-refractivity contribution in [1.29, 1.82) is 0 Å². The van der Waals surface area contributed by atoms with Gasteiger partial charge in [-0.3, -0.25) is 37.5 Å². The number of ether oxygens (including phenoxy) is 4. The van der Waals surface area contributed by atoms with Gasteiger partial charge in [0.25, 0.3) is 0 Å². The molecule has 724 valence electrons. The molecule has 138 heavy (non-hydrogen) atoms. The summed E-state index contributed by atoms with van der Waals surface area (Å²) in [4.78, 5) is 47.9. The van der Waals surface area contributed by atoms with Gasteiger partial charge >= 0.3 is 24.7 Å². The van der Waals surface area contributed by atoms with Crippen molar-refractivity contribution in [3.05, 3.63) is 282 Å². The molecule has 4 aromatic carbocycles. The van der Waals surface area contributed by atoms with Crippen LogP contribution in [0, 0.1) is 51.0 Å². The molecule has 24 nitrogen and oxygen atoms in total. The fourth-order valence-electron chi connectivity index (χ4n) is 15.6. The summed E-state index contributed by atoms with van der Waals surface area (Å²) in [6, 6.07) is 14.6. The molecule has 8 N–H and O–H groups in total. The zero-order valence-electron chi connectivity index (χ0n) is 75.1. The van der Waals surface area contributed by atoms with E-state index in [2.05, 4.69) is 59.8 Å². The Morgan fingerprint density at radius 1 is 0.319 bits per heavy atom. The number of aryl methyl sites for hydroxylation is 4. The third-order valence-electron chi connectivity index (χ3n) is 22.2. The van der Waals surface area contributed by atoms with E-state index in [1.807, 2.05) is 41.5 Å². The molecular weight excluding hydrogens is 1920 g/mol. The molecular formula is C94H84Cl4F16N20O4. The normalized spacial score (nSPS) is 12.8. The molecule has 0 unspecified atom stereocenters. The SMILES string of the molecule is CCCOc1c([C@@H](C)c2nc(Cl)c3c(N)nccn23)cc(C)c(F)c1-c1ccc(C(F)(F)F)nc1.CCCOc1c([C@H](C)c2nc(Cl)c3c(N)nccn23)cc(C)c(F)c1-c1ccc(C(F)(F)F)nc1.CCOc1c([C@@H](C)c2nc(Cl)c3c(N)nccn23)cc(C)c(F)c1-c1ccc(C(F)(F)F)nc1.CCOc1c([C@H](C)c2nc(Cl)c3c(N)nccn23)cc(C)c(F)c1-c1ccc(C(F)(F)F)nc1. The van der Waals surface area contributed by atoms with Gasteiger partial charge in [0.05, 0.1) is 48.7 Å². The van der Waals surface area contributed by atoms with E-state index in [-0.39, 0.29) is 149 Å². The van der Waals surface area contributed by atoms with Gasteiger partial charge in [0.2, 0.25) is 0 Å². The van der Waals surface area contributed by atoms with Crippen molar-refractivity contribution in [2.75, 3.05) is 49.4 Å². The van der Waals surface area contributed by atoms with Gasteiger partial charge in [-0.15, -0.1) is 0 Å². The number of nitrogens with zero attached hydrogens (tertiary/aromatic N) is 16. The Balaban J connectivity index is 0.000000155. The molecule has 0 spiro atoms. The summed E-state index contributed by atoms with van der Waals surface area (Å²) in [6.07, 6.45) is -0.476. The Labute approximate surface area is 796 Å². The zero-order chi connectivity index (χ0) is 101. The van der Waals surface area contributed by atoms with Crippen LogP contribution in [-0.4, -0.2) is 104 Å².